The number of nitrogens with two attached hydrogens (primary N) is 1. The van der Waals surface area contributed by atoms with Gasteiger partial charge in [0.2, 0.25) is 10.0 Å². The third-order valence-electron chi connectivity index (χ3n) is 5.04. The molecular weight excluding hydrogens is 527 g/mol. The second-order valence-electron chi connectivity index (χ2n) is 7.39. The molecule has 0 radical (unpaired) electrons. The van der Waals surface area contributed by atoms with Gasteiger partial charge in [-0.05, 0) is 61.9 Å². The summed E-state index contributed by atoms with van der Waals surface area (Å²) in [5, 5.41) is 11.9. The lowest BCUT2D eigenvalue weighted by atomic mass is 9.97. The molecule has 1 aromatic heterocycles. The molecule has 0 amide bonds. The Morgan fingerprint density at radius 1 is 1.06 bits per heavy atom. The number of furan rings is 1. The number of hydrogen-bond acceptors (Lipinski definition) is 4. The second kappa shape index (κ2) is 12.9. The topological polar surface area (TPSA) is 110 Å². The Bertz CT molecular complexity index is 955. The lowest BCUT2D eigenvalue weighted by molar-refractivity contribution is 0.506. The molecular formula is C22H31IN4O3S. The van der Waals surface area contributed by atoms with Crippen LogP contribution in [0.2, 0.25) is 0 Å². The van der Waals surface area contributed by atoms with Crippen molar-refractivity contribution in [3.8, 4) is 0 Å². The highest BCUT2D eigenvalue weighted by atomic mass is 127. The molecule has 1 heterocycles. The summed E-state index contributed by atoms with van der Waals surface area (Å²) in [5.74, 6) is 1.65. The quantitative estimate of drug-likeness (QED) is 0.188. The molecule has 31 heavy (non-hydrogen) atoms. The van der Waals surface area contributed by atoms with Crippen LogP contribution in [0.4, 0.5) is 0 Å². The number of aliphatic imine (C=N–C) groups is 1. The first-order valence-electron chi connectivity index (χ1n) is 10.3. The van der Waals surface area contributed by atoms with E-state index in [1.165, 1.54) is 43.4 Å². The normalized spacial score (nSPS) is 14.5. The predicted molar refractivity (Wildman–Crippen MR) is 134 cm³/mol. The zero-order valence-corrected chi connectivity index (χ0v) is 20.7. The Labute approximate surface area is 201 Å². The number of halogens is 1. The fraction of sp³-hybridized carbons (Fsp3) is 0.409. The Hall–Kier alpha value is -1.85. The predicted octanol–water partition coefficient (Wildman–Crippen LogP) is 3.71. The Morgan fingerprint density at radius 3 is 2.42 bits per heavy atom. The highest BCUT2D eigenvalue weighted by Gasteiger charge is 2.07. The number of rotatable bonds is 9. The molecule has 0 aliphatic heterocycles. The van der Waals surface area contributed by atoms with E-state index in [4.69, 9.17) is 9.56 Å². The second-order valence-corrected chi connectivity index (χ2v) is 8.96. The zero-order chi connectivity index (χ0) is 21.2. The molecule has 1 aromatic carbocycles. The minimum Gasteiger partial charge on any atom is -0.469 e. The summed E-state index contributed by atoms with van der Waals surface area (Å²) in [7, 11) is -3.68. The first kappa shape index (κ1) is 25.4. The van der Waals surface area contributed by atoms with Gasteiger partial charge in [0.1, 0.15) is 5.76 Å². The van der Waals surface area contributed by atoms with Crippen molar-refractivity contribution >= 4 is 40.0 Å². The smallest absolute Gasteiger partial charge is 0.238 e. The third-order valence-corrected chi connectivity index (χ3v) is 5.97. The number of sulfonamides is 1. The summed E-state index contributed by atoms with van der Waals surface area (Å²) in [4.78, 5) is 4.75. The number of allylic oxidation sites excluding steroid dienone is 1. The van der Waals surface area contributed by atoms with E-state index in [-0.39, 0.29) is 28.9 Å². The summed E-state index contributed by atoms with van der Waals surface area (Å²) in [6.45, 7) is 1.96. The van der Waals surface area contributed by atoms with Crippen LogP contribution in [-0.2, 0) is 23.0 Å². The highest BCUT2D eigenvalue weighted by molar-refractivity contribution is 14.0. The van der Waals surface area contributed by atoms with Crippen molar-refractivity contribution in [1.29, 1.82) is 0 Å². The van der Waals surface area contributed by atoms with Crippen molar-refractivity contribution in [3.63, 3.8) is 0 Å². The number of guanidine groups is 1. The van der Waals surface area contributed by atoms with Crippen LogP contribution in [0, 0.1) is 0 Å². The number of benzene rings is 1. The van der Waals surface area contributed by atoms with E-state index >= 15 is 0 Å². The minimum atomic E-state index is -3.68. The van der Waals surface area contributed by atoms with E-state index in [0.29, 0.717) is 13.1 Å². The number of hydrogen-bond donors (Lipinski definition) is 3. The van der Waals surface area contributed by atoms with Gasteiger partial charge in [-0.3, -0.25) is 0 Å². The highest BCUT2D eigenvalue weighted by Crippen LogP contribution is 2.19. The molecule has 0 saturated heterocycles. The van der Waals surface area contributed by atoms with Crippen molar-refractivity contribution in [1.82, 2.24) is 10.6 Å². The lowest BCUT2D eigenvalue weighted by Gasteiger charge is -2.15. The van der Waals surface area contributed by atoms with Crippen LogP contribution in [0.25, 0.3) is 0 Å². The summed E-state index contributed by atoms with van der Waals surface area (Å²) in [5.41, 5.74) is 2.42. The van der Waals surface area contributed by atoms with Crippen LogP contribution in [0.3, 0.4) is 0 Å². The molecule has 4 N–H and O–H groups in total. The third kappa shape index (κ3) is 9.04. The molecule has 0 atom stereocenters. The van der Waals surface area contributed by atoms with Crippen LogP contribution >= 0.6 is 24.0 Å². The monoisotopic (exact) mass is 558 g/mol. The molecule has 2 aromatic rings. The summed E-state index contributed by atoms with van der Waals surface area (Å²) in [6, 6.07) is 10.3. The van der Waals surface area contributed by atoms with E-state index in [9.17, 15) is 8.42 Å². The van der Waals surface area contributed by atoms with Crippen molar-refractivity contribution in [3.05, 3.63) is 65.6 Å². The Morgan fingerprint density at radius 2 is 1.81 bits per heavy atom. The molecule has 0 unspecified atom stereocenters. The molecule has 9 heteroatoms. The fourth-order valence-corrected chi connectivity index (χ4v) is 3.88. The number of nitrogens with zero attached hydrogens (tertiary/aromatic N) is 1. The maximum Gasteiger partial charge on any atom is 0.238 e. The maximum atomic E-state index is 11.4. The van der Waals surface area contributed by atoms with Gasteiger partial charge in [0.25, 0.3) is 0 Å². The van der Waals surface area contributed by atoms with Gasteiger partial charge in [-0.25, -0.2) is 18.5 Å². The van der Waals surface area contributed by atoms with E-state index in [1.54, 1.807) is 18.4 Å². The number of nitrogens with one attached hydrogen (secondary N) is 2. The summed E-state index contributed by atoms with van der Waals surface area (Å²) >= 11 is 0. The van der Waals surface area contributed by atoms with Gasteiger partial charge in [0.05, 0.1) is 17.7 Å². The first-order chi connectivity index (χ1) is 14.5. The molecule has 1 aliphatic rings. The van der Waals surface area contributed by atoms with Gasteiger partial charge in [0.15, 0.2) is 5.96 Å². The van der Waals surface area contributed by atoms with Crippen LogP contribution in [-0.4, -0.2) is 27.5 Å². The van der Waals surface area contributed by atoms with Crippen LogP contribution in [0.15, 0.2) is 68.6 Å². The molecule has 0 saturated carbocycles. The van der Waals surface area contributed by atoms with Gasteiger partial charge < -0.3 is 15.1 Å². The van der Waals surface area contributed by atoms with Gasteiger partial charge in [-0.1, -0.05) is 23.8 Å². The standard InChI is InChI=1S/C22H30N4O3S.HI/c23-30(27,28)21-10-8-19(9-11-21)17-26-22(25-15-13-20-7-4-16-29-20)24-14-12-18-5-2-1-3-6-18;/h4-5,7-11,16H,1-3,6,12-15,17H2,(H2,23,27,28)(H2,24,25,26);1H. The van der Waals surface area contributed by atoms with Crippen molar-refractivity contribution in [2.24, 2.45) is 10.1 Å². The van der Waals surface area contributed by atoms with E-state index in [2.05, 4.69) is 21.7 Å². The van der Waals surface area contributed by atoms with Crippen molar-refractivity contribution in [2.45, 2.75) is 50.0 Å². The Balaban J connectivity index is 0.00000341. The largest absolute Gasteiger partial charge is 0.469 e. The molecule has 170 valence electrons. The first-order valence-corrected chi connectivity index (χ1v) is 11.9. The lowest BCUT2D eigenvalue weighted by Crippen LogP contribution is -2.39. The summed E-state index contributed by atoms with van der Waals surface area (Å²) in [6.07, 6.45) is 10.8. The molecule has 7 nitrogen and oxygen atoms in total. The average molecular weight is 558 g/mol. The SMILES string of the molecule is I.NS(=O)(=O)c1ccc(CN=C(NCCC2=CCCCC2)NCCc2ccco2)cc1. The zero-order valence-electron chi connectivity index (χ0n) is 17.5. The molecule has 0 bridgehead atoms. The maximum absolute atomic E-state index is 11.4. The minimum absolute atomic E-state index is 0. The summed E-state index contributed by atoms with van der Waals surface area (Å²) < 4.78 is 28.2. The van der Waals surface area contributed by atoms with Gasteiger partial charge in [-0.15, -0.1) is 24.0 Å². The van der Waals surface area contributed by atoms with Gasteiger partial charge in [0, 0.05) is 19.5 Å². The van der Waals surface area contributed by atoms with E-state index in [1.807, 2.05) is 12.1 Å². The molecule has 0 fully saturated rings. The average Bonchev–Trinajstić information content (AvgIpc) is 3.25. The van der Waals surface area contributed by atoms with E-state index in [0.717, 1.165) is 36.7 Å². The van der Waals surface area contributed by atoms with Crippen molar-refractivity contribution < 1.29 is 12.8 Å². The molecule has 0 spiro atoms. The van der Waals surface area contributed by atoms with Gasteiger partial charge >= 0.3 is 0 Å². The van der Waals surface area contributed by atoms with Crippen molar-refractivity contribution in [2.75, 3.05) is 13.1 Å². The fourth-order valence-electron chi connectivity index (χ4n) is 3.36. The molecule has 1 aliphatic carbocycles. The van der Waals surface area contributed by atoms with E-state index < -0.39 is 10.0 Å². The van der Waals surface area contributed by atoms with Crippen LogP contribution < -0.4 is 15.8 Å². The molecule has 3 rings (SSSR count). The Kier molecular flexibility index (Phi) is 10.6. The van der Waals surface area contributed by atoms with Crippen LogP contribution in [0.1, 0.15) is 43.4 Å². The van der Waals surface area contributed by atoms with Crippen LogP contribution in [0.5, 0.6) is 0 Å². The van der Waals surface area contributed by atoms with Gasteiger partial charge in [-0.2, -0.15) is 0 Å². The number of primary sulfonamides is 1.